The van der Waals surface area contributed by atoms with Crippen molar-refractivity contribution >= 4 is 0 Å². The number of benzene rings is 1. The lowest BCUT2D eigenvalue weighted by Gasteiger charge is -2.31. The summed E-state index contributed by atoms with van der Waals surface area (Å²) in [6.45, 7) is 13.2. The second-order valence-corrected chi connectivity index (χ2v) is 6.06. The Morgan fingerprint density at radius 1 is 1.15 bits per heavy atom. The molecule has 0 heterocycles. The fourth-order valence-electron chi connectivity index (χ4n) is 2.46. The molecule has 2 N–H and O–H groups in total. The number of nitrogens with zero attached hydrogens (tertiary/aromatic N) is 1. The quantitative estimate of drug-likeness (QED) is 0.771. The van der Waals surface area contributed by atoms with Crippen molar-refractivity contribution in [1.29, 1.82) is 0 Å². The van der Waals surface area contributed by atoms with Gasteiger partial charge in [-0.05, 0) is 56.8 Å². The standard InChI is InChI=1S/C18H32N2/c1-6-8-11-20(16(5)7-2)13-18(19)17-10-9-14(3)15(4)12-17/h9-10,12,16,18H,6-8,11,13,19H2,1-5H3. The molecule has 0 radical (unpaired) electrons. The molecule has 0 aliphatic carbocycles. The van der Waals surface area contributed by atoms with E-state index in [1.807, 2.05) is 0 Å². The fourth-order valence-corrected chi connectivity index (χ4v) is 2.46. The summed E-state index contributed by atoms with van der Waals surface area (Å²) in [7, 11) is 0. The molecule has 2 atom stereocenters. The number of nitrogens with two attached hydrogens (primary N) is 1. The van der Waals surface area contributed by atoms with Crippen LogP contribution in [0.4, 0.5) is 0 Å². The molecule has 1 aromatic rings. The molecule has 2 nitrogen and oxygen atoms in total. The van der Waals surface area contributed by atoms with Crippen LogP contribution in [0.3, 0.4) is 0 Å². The molecule has 0 bridgehead atoms. The van der Waals surface area contributed by atoms with E-state index >= 15 is 0 Å². The molecule has 0 saturated heterocycles. The first-order chi connectivity index (χ1) is 9.49. The van der Waals surface area contributed by atoms with Crippen molar-refractivity contribution in [3.05, 3.63) is 34.9 Å². The molecule has 20 heavy (non-hydrogen) atoms. The van der Waals surface area contributed by atoms with E-state index in [-0.39, 0.29) is 6.04 Å². The van der Waals surface area contributed by atoms with Gasteiger partial charge in [0, 0.05) is 18.6 Å². The van der Waals surface area contributed by atoms with E-state index in [1.54, 1.807) is 0 Å². The van der Waals surface area contributed by atoms with Crippen LogP contribution in [0, 0.1) is 13.8 Å². The van der Waals surface area contributed by atoms with Crippen LogP contribution in [0.5, 0.6) is 0 Å². The van der Waals surface area contributed by atoms with Gasteiger partial charge < -0.3 is 5.73 Å². The minimum Gasteiger partial charge on any atom is -0.323 e. The van der Waals surface area contributed by atoms with Crippen molar-refractivity contribution in [3.63, 3.8) is 0 Å². The molecular weight excluding hydrogens is 244 g/mol. The lowest BCUT2D eigenvalue weighted by Crippen LogP contribution is -2.39. The molecule has 2 unspecified atom stereocenters. The number of hydrogen-bond acceptors (Lipinski definition) is 2. The highest BCUT2D eigenvalue weighted by atomic mass is 15.2. The zero-order valence-corrected chi connectivity index (χ0v) is 13.9. The van der Waals surface area contributed by atoms with Crippen molar-refractivity contribution in [2.45, 2.75) is 66.0 Å². The summed E-state index contributed by atoms with van der Waals surface area (Å²) in [6.07, 6.45) is 3.68. The van der Waals surface area contributed by atoms with Gasteiger partial charge >= 0.3 is 0 Å². The van der Waals surface area contributed by atoms with Crippen LogP contribution in [0.25, 0.3) is 0 Å². The second-order valence-electron chi connectivity index (χ2n) is 6.06. The van der Waals surface area contributed by atoms with E-state index in [0.717, 1.165) is 13.1 Å². The SMILES string of the molecule is CCCCN(CC(N)c1ccc(C)c(C)c1)C(C)CC. The highest BCUT2D eigenvalue weighted by Gasteiger charge is 2.16. The summed E-state index contributed by atoms with van der Waals surface area (Å²) < 4.78 is 0. The topological polar surface area (TPSA) is 29.3 Å². The van der Waals surface area contributed by atoms with Crippen LogP contribution in [0.2, 0.25) is 0 Å². The van der Waals surface area contributed by atoms with E-state index in [2.05, 4.69) is 57.7 Å². The van der Waals surface area contributed by atoms with Gasteiger partial charge in [-0.1, -0.05) is 38.5 Å². The summed E-state index contributed by atoms with van der Waals surface area (Å²) in [6, 6.07) is 7.33. The average molecular weight is 276 g/mol. The van der Waals surface area contributed by atoms with Gasteiger partial charge in [-0.25, -0.2) is 0 Å². The van der Waals surface area contributed by atoms with Crippen molar-refractivity contribution in [1.82, 2.24) is 4.90 Å². The Balaban J connectivity index is 2.73. The molecule has 0 amide bonds. The lowest BCUT2D eigenvalue weighted by molar-refractivity contribution is 0.189. The normalized spacial score (nSPS) is 14.6. The molecule has 0 fully saturated rings. The Morgan fingerprint density at radius 3 is 2.40 bits per heavy atom. The summed E-state index contributed by atoms with van der Waals surface area (Å²) in [5.74, 6) is 0. The van der Waals surface area contributed by atoms with Crippen LogP contribution >= 0.6 is 0 Å². The predicted octanol–water partition coefficient (Wildman–Crippen LogP) is 4.20. The predicted molar refractivity (Wildman–Crippen MR) is 89.1 cm³/mol. The second kappa shape index (κ2) is 8.43. The van der Waals surface area contributed by atoms with Crippen molar-refractivity contribution < 1.29 is 0 Å². The van der Waals surface area contributed by atoms with E-state index in [4.69, 9.17) is 5.73 Å². The molecule has 1 rings (SSSR count). The van der Waals surface area contributed by atoms with Crippen molar-refractivity contribution in [3.8, 4) is 0 Å². The molecule has 2 heteroatoms. The zero-order chi connectivity index (χ0) is 15.1. The number of rotatable bonds is 8. The Hall–Kier alpha value is -0.860. The maximum atomic E-state index is 6.44. The maximum absolute atomic E-state index is 6.44. The summed E-state index contributed by atoms with van der Waals surface area (Å²) in [5, 5.41) is 0. The summed E-state index contributed by atoms with van der Waals surface area (Å²) in [4.78, 5) is 2.54. The molecule has 114 valence electrons. The van der Waals surface area contributed by atoms with E-state index in [9.17, 15) is 0 Å². The molecule has 1 aromatic carbocycles. The molecular formula is C18H32N2. The molecule has 0 aromatic heterocycles. The van der Waals surface area contributed by atoms with E-state index in [0.29, 0.717) is 6.04 Å². The van der Waals surface area contributed by atoms with Crippen LogP contribution in [-0.4, -0.2) is 24.0 Å². The third kappa shape index (κ3) is 4.92. The van der Waals surface area contributed by atoms with Crippen LogP contribution in [-0.2, 0) is 0 Å². The van der Waals surface area contributed by atoms with Crippen molar-refractivity contribution in [2.75, 3.05) is 13.1 Å². The van der Waals surface area contributed by atoms with Gasteiger partial charge in [0.05, 0.1) is 0 Å². The Labute approximate surface area is 125 Å². The first kappa shape index (κ1) is 17.2. The number of unbranched alkanes of at least 4 members (excludes halogenated alkanes) is 1. The van der Waals surface area contributed by atoms with Gasteiger partial charge in [0.25, 0.3) is 0 Å². The Morgan fingerprint density at radius 2 is 1.85 bits per heavy atom. The molecule has 0 aliphatic rings. The van der Waals surface area contributed by atoms with Crippen LogP contribution < -0.4 is 5.73 Å². The van der Waals surface area contributed by atoms with Gasteiger partial charge in [-0.15, -0.1) is 0 Å². The molecule has 0 spiro atoms. The highest BCUT2D eigenvalue weighted by molar-refractivity contribution is 5.31. The minimum atomic E-state index is 0.111. The number of aryl methyl sites for hydroxylation is 2. The van der Waals surface area contributed by atoms with Crippen LogP contribution in [0.15, 0.2) is 18.2 Å². The largest absolute Gasteiger partial charge is 0.323 e. The highest BCUT2D eigenvalue weighted by Crippen LogP contribution is 2.18. The first-order valence-corrected chi connectivity index (χ1v) is 8.06. The Bertz CT molecular complexity index is 400. The average Bonchev–Trinajstić information content (AvgIpc) is 2.45. The van der Waals surface area contributed by atoms with Crippen molar-refractivity contribution in [2.24, 2.45) is 5.73 Å². The minimum absolute atomic E-state index is 0.111. The van der Waals surface area contributed by atoms with E-state index in [1.165, 1.54) is 36.0 Å². The van der Waals surface area contributed by atoms with Crippen LogP contribution in [0.1, 0.15) is 62.8 Å². The zero-order valence-electron chi connectivity index (χ0n) is 13.9. The fraction of sp³-hybridized carbons (Fsp3) is 0.667. The van der Waals surface area contributed by atoms with Gasteiger partial charge in [0.15, 0.2) is 0 Å². The third-order valence-corrected chi connectivity index (χ3v) is 4.40. The van der Waals surface area contributed by atoms with Gasteiger partial charge in [0.2, 0.25) is 0 Å². The van der Waals surface area contributed by atoms with Gasteiger partial charge in [-0.2, -0.15) is 0 Å². The number of hydrogen-bond donors (Lipinski definition) is 1. The molecule has 0 saturated carbocycles. The monoisotopic (exact) mass is 276 g/mol. The Kier molecular flexibility index (Phi) is 7.25. The third-order valence-electron chi connectivity index (χ3n) is 4.40. The maximum Gasteiger partial charge on any atom is 0.0424 e. The summed E-state index contributed by atoms with van der Waals surface area (Å²) in [5.41, 5.74) is 10.4. The summed E-state index contributed by atoms with van der Waals surface area (Å²) >= 11 is 0. The van der Waals surface area contributed by atoms with Gasteiger partial charge in [0.1, 0.15) is 0 Å². The molecule has 0 aliphatic heterocycles. The van der Waals surface area contributed by atoms with E-state index < -0.39 is 0 Å². The smallest absolute Gasteiger partial charge is 0.0424 e. The van der Waals surface area contributed by atoms with Gasteiger partial charge in [-0.3, -0.25) is 4.90 Å². The first-order valence-electron chi connectivity index (χ1n) is 8.06. The lowest BCUT2D eigenvalue weighted by atomic mass is 10.0.